The second kappa shape index (κ2) is 7.26. The fourth-order valence-electron chi connectivity index (χ4n) is 2.60. The number of aliphatic hydroxyl groups is 1. The molecule has 5 nitrogen and oxygen atoms in total. The number of anilines is 2. The summed E-state index contributed by atoms with van der Waals surface area (Å²) in [7, 11) is 0. The Balaban J connectivity index is 1.78. The van der Waals surface area contributed by atoms with Gasteiger partial charge in [0.2, 0.25) is 5.91 Å². The molecule has 2 rings (SSSR count). The molecule has 4 N–H and O–H groups in total. The first kappa shape index (κ1) is 14.8. The van der Waals surface area contributed by atoms with Crippen LogP contribution in [0.5, 0.6) is 0 Å². The lowest BCUT2D eigenvalue weighted by Crippen LogP contribution is -2.43. The SMILES string of the molecule is Nc1ccc(NC(=O)CCN2CCCCC2CO)cc1. The Hall–Kier alpha value is -1.59. The molecule has 110 valence electrons. The Morgan fingerprint density at radius 3 is 2.80 bits per heavy atom. The number of likely N-dealkylation sites (tertiary alicyclic amines) is 1. The molecule has 1 aromatic carbocycles. The minimum absolute atomic E-state index is 0.00275. The largest absolute Gasteiger partial charge is 0.399 e. The van der Waals surface area contributed by atoms with Crippen molar-refractivity contribution in [2.75, 3.05) is 30.7 Å². The first-order chi connectivity index (χ1) is 9.69. The van der Waals surface area contributed by atoms with Crippen molar-refractivity contribution in [2.45, 2.75) is 31.7 Å². The molecule has 0 bridgehead atoms. The predicted molar refractivity (Wildman–Crippen MR) is 80.4 cm³/mol. The van der Waals surface area contributed by atoms with Crippen LogP contribution in [0.25, 0.3) is 0 Å². The highest BCUT2D eigenvalue weighted by Crippen LogP contribution is 2.17. The zero-order valence-electron chi connectivity index (χ0n) is 11.7. The Morgan fingerprint density at radius 2 is 2.10 bits per heavy atom. The van der Waals surface area contributed by atoms with Gasteiger partial charge >= 0.3 is 0 Å². The van der Waals surface area contributed by atoms with Gasteiger partial charge in [-0.25, -0.2) is 0 Å². The molecule has 1 amide bonds. The van der Waals surface area contributed by atoms with Crippen LogP contribution in [0.3, 0.4) is 0 Å². The number of nitrogen functional groups attached to an aromatic ring is 1. The number of hydrogen-bond acceptors (Lipinski definition) is 4. The second-order valence-corrected chi connectivity index (χ2v) is 5.29. The monoisotopic (exact) mass is 277 g/mol. The van der Waals surface area contributed by atoms with E-state index in [0.717, 1.165) is 25.1 Å². The van der Waals surface area contributed by atoms with Crippen molar-refractivity contribution >= 4 is 17.3 Å². The molecule has 1 saturated heterocycles. The van der Waals surface area contributed by atoms with E-state index in [1.807, 2.05) is 0 Å². The van der Waals surface area contributed by atoms with E-state index in [2.05, 4.69) is 10.2 Å². The van der Waals surface area contributed by atoms with E-state index in [1.165, 1.54) is 6.42 Å². The van der Waals surface area contributed by atoms with E-state index >= 15 is 0 Å². The topological polar surface area (TPSA) is 78.6 Å². The van der Waals surface area contributed by atoms with Gasteiger partial charge in [-0.1, -0.05) is 6.42 Å². The summed E-state index contributed by atoms with van der Waals surface area (Å²) in [6.07, 6.45) is 3.78. The lowest BCUT2D eigenvalue weighted by atomic mass is 10.0. The van der Waals surface area contributed by atoms with E-state index < -0.39 is 0 Å². The van der Waals surface area contributed by atoms with Crippen LogP contribution in [-0.2, 0) is 4.79 Å². The summed E-state index contributed by atoms with van der Waals surface area (Å²) in [5.41, 5.74) is 7.05. The molecule has 1 unspecified atom stereocenters. The number of amides is 1. The first-order valence-corrected chi connectivity index (χ1v) is 7.19. The predicted octanol–water partition coefficient (Wildman–Crippen LogP) is 1.44. The summed E-state index contributed by atoms with van der Waals surface area (Å²) in [4.78, 5) is 14.1. The number of nitrogens with one attached hydrogen (secondary N) is 1. The average molecular weight is 277 g/mol. The van der Waals surface area contributed by atoms with Crippen molar-refractivity contribution in [3.8, 4) is 0 Å². The summed E-state index contributed by atoms with van der Waals surface area (Å²) in [5, 5.41) is 12.2. The van der Waals surface area contributed by atoms with Crippen LogP contribution in [0.15, 0.2) is 24.3 Å². The highest BCUT2D eigenvalue weighted by atomic mass is 16.3. The number of rotatable bonds is 5. The number of nitrogens with two attached hydrogens (primary N) is 1. The minimum atomic E-state index is -0.00275. The third-order valence-corrected chi connectivity index (χ3v) is 3.78. The van der Waals surface area contributed by atoms with Crippen LogP contribution in [0.4, 0.5) is 11.4 Å². The van der Waals surface area contributed by atoms with Crippen LogP contribution < -0.4 is 11.1 Å². The summed E-state index contributed by atoms with van der Waals surface area (Å²) < 4.78 is 0. The molecule has 1 aliphatic rings. The van der Waals surface area contributed by atoms with Gasteiger partial charge in [0.1, 0.15) is 0 Å². The number of piperidine rings is 1. The molecule has 5 heteroatoms. The Labute approximate surface area is 119 Å². The molecule has 1 aliphatic heterocycles. The molecule has 0 spiro atoms. The first-order valence-electron chi connectivity index (χ1n) is 7.19. The molecular formula is C15H23N3O2. The van der Waals surface area contributed by atoms with E-state index in [4.69, 9.17) is 5.73 Å². The number of aliphatic hydroxyl groups excluding tert-OH is 1. The second-order valence-electron chi connectivity index (χ2n) is 5.29. The van der Waals surface area contributed by atoms with E-state index in [9.17, 15) is 9.90 Å². The van der Waals surface area contributed by atoms with Gasteiger partial charge in [-0.05, 0) is 43.7 Å². The van der Waals surface area contributed by atoms with E-state index in [0.29, 0.717) is 18.7 Å². The molecule has 0 radical (unpaired) electrons. The molecule has 0 aromatic heterocycles. The van der Waals surface area contributed by atoms with Crippen molar-refractivity contribution in [2.24, 2.45) is 0 Å². The van der Waals surface area contributed by atoms with Gasteiger partial charge in [-0.2, -0.15) is 0 Å². The van der Waals surface area contributed by atoms with E-state index in [-0.39, 0.29) is 18.6 Å². The Kier molecular flexibility index (Phi) is 5.38. The quantitative estimate of drug-likeness (QED) is 0.712. The maximum Gasteiger partial charge on any atom is 0.225 e. The van der Waals surface area contributed by atoms with E-state index in [1.54, 1.807) is 24.3 Å². The lowest BCUT2D eigenvalue weighted by molar-refractivity contribution is -0.116. The van der Waals surface area contributed by atoms with Crippen LogP contribution in [0, 0.1) is 0 Å². The van der Waals surface area contributed by atoms with Crippen molar-refractivity contribution in [1.29, 1.82) is 0 Å². The number of hydrogen-bond donors (Lipinski definition) is 3. The lowest BCUT2D eigenvalue weighted by Gasteiger charge is -2.34. The van der Waals surface area contributed by atoms with Crippen LogP contribution in [0.1, 0.15) is 25.7 Å². The summed E-state index contributed by atoms with van der Waals surface area (Å²) in [6.45, 7) is 1.85. The van der Waals surface area contributed by atoms with Gasteiger partial charge in [0.05, 0.1) is 6.61 Å². The molecule has 1 atom stereocenters. The minimum Gasteiger partial charge on any atom is -0.399 e. The number of nitrogens with zero attached hydrogens (tertiary/aromatic N) is 1. The zero-order chi connectivity index (χ0) is 14.4. The average Bonchev–Trinajstić information content (AvgIpc) is 2.48. The molecule has 0 aliphatic carbocycles. The van der Waals surface area contributed by atoms with Gasteiger partial charge in [0.15, 0.2) is 0 Å². The standard InChI is InChI=1S/C15H23N3O2/c16-12-4-6-13(7-5-12)17-15(20)8-10-18-9-2-1-3-14(18)11-19/h4-7,14,19H,1-3,8-11,16H2,(H,17,20). The van der Waals surface area contributed by atoms with Gasteiger partial charge in [0, 0.05) is 30.4 Å². The molecule has 1 heterocycles. The Bertz CT molecular complexity index is 433. The zero-order valence-corrected chi connectivity index (χ0v) is 11.7. The molecule has 1 fully saturated rings. The van der Waals surface area contributed by atoms with Gasteiger partial charge in [-0.15, -0.1) is 0 Å². The molecular weight excluding hydrogens is 254 g/mol. The van der Waals surface area contributed by atoms with Crippen molar-refractivity contribution in [1.82, 2.24) is 4.90 Å². The molecule has 0 saturated carbocycles. The maximum atomic E-state index is 11.9. The maximum absolute atomic E-state index is 11.9. The fraction of sp³-hybridized carbons (Fsp3) is 0.533. The van der Waals surface area contributed by atoms with Crippen LogP contribution in [-0.4, -0.2) is 41.7 Å². The van der Waals surface area contributed by atoms with Gasteiger partial charge in [-0.3, -0.25) is 9.69 Å². The third-order valence-electron chi connectivity index (χ3n) is 3.78. The van der Waals surface area contributed by atoms with Crippen molar-refractivity contribution < 1.29 is 9.90 Å². The highest BCUT2D eigenvalue weighted by Gasteiger charge is 2.21. The Morgan fingerprint density at radius 1 is 1.35 bits per heavy atom. The summed E-state index contributed by atoms with van der Waals surface area (Å²) >= 11 is 0. The normalized spacial score (nSPS) is 19.8. The molecule has 1 aromatic rings. The number of carbonyl (C=O) groups excluding carboxylic acids is 1. The van der Waals surface area contributed by atoms with Crippen molar-refractivity contribution in [3.05, 3.63) is 24.3 Å². The smallest absolute Gasteiger partial charge is 0.225 e. The highest BCUT2D eigenvalue weighted by molar-refractivity contribution is 5.90. The summed E-state index contributed by atoms with van der Waals surface area (Å²) in [6, 6.07) is 7.34. The van der Waals surface area contributed by atoms with Gasteiger partial charge < -0.3 is 16.2 Å². The summed E-state index contributed by atoms with van der Waals surface area (Å²) in [5.74, 6) is -0.00275. The van der Waals surface area contributed by atoms with Crippen LogP contribution in [0.2, 0.25) is 0 Å². The third kappa shape index (κ3) is 4.21. The number of benzene rings is 1. The number of carbonyl (C=O) groups is 1. The van der Waals surface area contributed by atoms with Crippen molar-refractivity contribution in [3.63, 3.8) is 0 Å². The fourth-order valence-corrected chi connectivity index (χ4v) is 2.60. The molecule has 20 heavy (non-hydrogen) atoms. The van der Waals surface area contributed by atoms with Gasteiger partial charge in [0.25, 0.3) is 0 Å². The van der Waals surface area contributed by atoms with Crippen LogP contribution >= 0.6 is 0 Å².